The fourth-order valence-corrected chi connectivity index (χ4v) is 6.00. The van der Waals surface area contributed by atoms with Gasteiger partial charge in [0.1, 0.15) is 22.8 Å². The number of rotatable bonds is 5. The second-order valence-electron chi connectivity index (χ2n) is 10.7. The highest BCUT2D eigenvalue weighted by molar-refractivity contribution is 6.29. The van der Waals surface area contributed by atoms with Gasteiger partial charge in [-0.15, -0.1) is 5.10 Å². The van der Waals surface area contributed by atoms with Gasteiger partial charge in [-0.1, -0.05) is 17.7 Å². The third-order valence-electron chi connectivity index (χ3n) is 7.66. The molecule has 2 atom stereocenters. The molecule has 0 saturated carbocycles. The Balaban J connectivity index is 1.50. The number of benzene rings is 1. The van der Waals surface area contributed by atoms with Gasteiger partial charge in [0.05, 0.1) is 17.9 Å². The van der Waals surface area contributed by atoms with E-state index in [2.05, 4.69) is 50.0 Å². The number of likely N-dealkylation sites (tertiary alicyclic amines) is 1. The number of aryl methyl sites for hydroxylation is 3. The number of fused-ring (bicyclic) bond motifs is 3. The summed E-state index contributed by atoms with van der Waals surface area (Å²) in [6.45, 7) is 6.10. The maximum atomic E-state index is 13.8. The molecular weight excluding hydrogens is 514 g/mol. The van der Waals surface area contributed by atoms with Gasteiger partial charge >= 0.3 is 0 Å². The third kappa shape index (κ3) is 4.47. The second-order valence-corrected chi connectivity index (χ2v) is 11.1. The zero-order valence-corrected chi connectivity index (χ0v) is 23.6. The first kappa shape index (κ1) is 25.5. The number of likely N-dealkylation sites (N-methyl/N-ethyl adjacent to an activating group) is 1. The summed E-state index contributed by atoms with van der Waals surface area (Å²) in [4.78, 5) is 25.0. The van der Waals surface area contributed by atoms with Gasteiger partial charge in [-0.05, 0) is 69.6 Å². The Morgan fingerprint density at radius 2 is 1.97 bits per heavy atom. The smallest absolute Gasteiger partial charge is 0.259 e. The predicted molar refractivity (Wildman–Crippen MR) is 154 cm³/mol. The largest absolute Gasteiger partial charge is 0.377 e. The van der Waals surface area contributed by atoms with Crippen molar-refractivity contribution in [3.63, 3.8) is 0 Å². The third-order valence-corrected chi connectivity index (χ3v) is 7.87. The minimum Gasteiger partial charge on any atom is -0.377 e. The van der Waals surface area contributed by atoms with Crippen molar-refractivity contribution >= 4 is 39.1 Å². The van der Waals surface area contributed by atoms with E-state index in [0.717, 1.165) is 59.2 Å². The molecule has 11 heteroatoms. The van der Waals surface area contributed by atoms with Crippen molar-refractivity contribution in [1.29, 1.82) is 0 Å². The summed E-state index contributed by atoms with van der Waals surface area (Å²) < 4.78 is 5.45. The van der Waals surface area contributed by atoms with Crippen LogP contribution < -0.4 is 10.9 Å². The molecule has 10 nitrogen and oxygen atoms in total. The van der Waals surface area contributed by atoms with Gasteiger partial charge in [0, 0.05) is 42.8 Å². The van der Waals surface area contributed by atoms with E-state index in [9.17, 15) is 4.79 Å². The normalized spacial score (nSPS) is 17.2. The quantitative estimate of drug-likeness (QED) is 0.325. The minimum absolute atomic E-state index is 0.0212. The molecule has 1 aliphatic heterocycles. The predicted octanol–water partition coefficient (Wildman–Crippen LogP) is 4.48. The molecule has 1 aromatic carbocycles. The second kappa shape index (κ2) is 9.77. The van der Waals surface area contributed by atoms with Crippen LogP contribution in [0.5, 0.6) is 0 Å². The van der Waals surface area contributed by atoms with Crippen molar-refractivity contribution in [1.82, 2.24) is 39.0 Å². The molecule has 2 unspecified atom stereocenters. The van der Waals surface area contributed by atoms with E-state index in [1.165, 1.54) is 0 Å². The van der Waals surface area contributed by atoms with Crippen molar-refractivity contribution in [2.24, 2.45) is 14.1 Å². The highest BCUT2D eigenvalue weighted by Crippen LogP contribution is 2.35. The Morgan fingerprint density at radius 1 is 1.15 bits per heavy atom. The van der Waals surface area contributed by atoms with Crippen molar-refractivity contribution in [3.8, 4) is 11.5 Å². The monoisotopic (exact) mass is 545 g/mol. The molecular formula is C28H32ClN9O. The van der Waals surface area contributed by atoms with Gasteiger partial charge in [0.25, 0.3) is 5.56 Å². The van der Waals surface area contributed by atoms with Crippen molar-refractivity contribution < 1.29 is 0 Å². The Bertz CT molecular complexity index is 1770. The van der Waals surface area contributed by atoms with Gasteiger partial charge in [0.15, 0.2) is 0 Å². The lowest BCUT2D eigenvalue weighted by Crippen LogP contribution is -2.34. The van der Waals surface area contributed by atoms with E-state index in [0.29, 0.717) is 22.1 Å². The molecule has 0 radical (unpaired) electrons. The van der Waals surface area contributed by atoms with Crippen LogP contribution >= 0.6 is 11.6 Å². The van der Waals surface area contributed by atoms with Crippen LogP contribution in [0.4, 0.5) is 5.69 Å². The van der Waals surface area contributed by atoms with Crippen LogP contribution in [-0.2, 0) is 14.1 Å². The molecule has 0 spiro atoms. The summed E-state index contributed by atoms with van der Waals surface area (Å²) >= 11 is 6.25. The molecule has 1 fully saturated rings. The van der Waals surface area contributed by atoms with Crippen molar-refractivity contribution in [2.75, 3.05) is 25.5 Å². The molecule has 6 rings (SSSR count). The number of halogens is 1. The van der Waals surface area contributed by atoms with Gasteiger partial charge < -0.3 is 10.2 Å². The molecule has 5 heterocycles. The van der Waals surface area contributed by atoms with E-state index in [1.807, 2.05) is 39.3 Å². The van der Waals surface area contributed by atoms with E-state index in [4.69, 9.17) is 16.7 Å². The van der Waals surface area contributed by atoms with Crippen LogP contribution in [0, 0.1) is 6.92 Å². The summed E-state index contributed by atoms with van der Waals surface area (Å²) in [7, 11) is 5.80. The van der Waals surface area contributed by atoms with E-state index in [1.54, 1.807) is 21.6 Å². The van der Waals surface area contributed by atoms with Gasteiger partial charge in [-0.3, -0.25) is 14.0 Å². The Hall–Kier alpha value is -3.76. The van der Waals surface area contributed by atoms with Crippen LogP contribution in [-0.4, -0.2) is 59.1 Å². The van der Waals surface area contributed by atoms with Crippen molar-refractivity contribution in [2.45, 2.75) is 38.8 Å². The topological polar surface area (TPSA) is 98.7 Å². The summed E-state index contributed by atoms with van der Waals surface area (Å²) in [6.07, 6.45) is 5.70. The standard InChI is InChI=1S/C28H32ClN9O/c1-16-11-19(17(2)32-22-8-9-23(29)33-25(22)26-30-15-36(4)34-26)24-20(12-16)28(39)37(5)27-21(24)13-31-38(27)18-7-6-10-35(3)14-18/h8-9,11-13,15,17-18,32H,6-7,10,14H2,1-5H3. The maximum absolute atomic E-state index is 13.8. The molecule has 5 aromatic rings. The summed E-state index contributed by atoms with van der Waals surface area (Å²) in [6, 6.07) is 7.82. The highest BCUT2D eigenvalue weighted by Gasteiger charge is 2.25. The first-order valence-electron chi connectivity index (χ1n) is 13.2. The summed E-state index contributed by atoms with van der Waals surface area (Å²) in [5.41, 5.74) is 4.20. The zero-order chi connectivity index (χ0) is 27.4. The Kier molecular flexibility index (Phi) is 6.39. The highest BCUT2D eigenvalue weighted by atomic mass is 35.5. The molecule has 1 N–H and O–H groups in total. The number of hydrogen-bond acceptors (Lipinski definition) is 7. The van der Waals surface area contributed by atoms with E-state index in [-0.39, 0.29) is 17.6 Å². The minimum atomic E-state index is -0.169. The van der Waals surface area contributed by atoms with Crippen LogP contribution in [0.1, 0.15) is 43.0 Å². The number of hydrogen-bond donors (Lipinski definition) is 1. The van der Waals surface area contributed by atoms with E-state index < -0.39 is 0 Å². The maximum Gasteiger partial charge on any atom is 0.259 e. The molecule has 1 saturated heterocycles. The fourth-order valence-electron chi connectivity index (χ4n) is 5.86. The summed E-state index contributed by atoms with van der Waals surface area (Å²) in [5, 5.41) is 15.8. The van der Waals surface area contributed by atoms with Crippen LogP contribution in [0.25, 0.3) is 33.3 Å². The number of nitrogens with zero attached hydrogens (tertiary/aromatic N) is 8. The van der Waals surface area contributed by atoms with Crippen molar-refractivity contribution in [3.05, 3.63) is 63.4 Å². The lowest BCUT2D eigenvalue weighted by atomic mass is 9.95. The van der Waals surface area contributed by atoms with Crippen LogP contribution in [0.15, 0.2) is 41.6 Å². The van der Waals surface area contributed by atoms with Crippen LogP contribution in [0.2, 0.25) is 5.15 Å². The molecule has 0 aliphatic carbocycles. The Morgan fingerprint density at radius 3 is 2.72 bits per heavy atom. The lowest BCUT2D eigenvalue weighted by molar-refractivity contribution is 0.205. The van der Waals surface area contributed by atoms with Gasteiger partial charge in [-0.2, -0.15) is 5.10 Å². The average Bonchev–Trinajstić information content (AvgIpc) is 3.54. The SMILES string of the molecule is Cc1cc(C(C)Nc2ccc(Cl)nc2-c2ncn(C)n2)c2c(c1)c(=O)n(C)c1c2cnn1C1CCCN(C)C1. The molecule has 0 bridgehead atoms. The number of aromatic nitrogens is 7. The zero-order valence-electron chi connectivity index (χ0n) is 22.8. The number of anilines is 1. The number of piperidine rings is 1. The first-order valence-corrected chi connectivity index (χ1v) is 13.6. The lowest BCUT2D eigenvalue weighted by Gasteiger charge is -2.30. The molecule has 39 heavy (non-hydrogen) atoms. The van der Waals surface area contributed by atoms with Gasteiger partial charge in [-0.25, -0.2) is 14.6 Å². The Labute approximate surface area is 231 Å². The summed E-state index contributed by atoms with van der Waals surface area (Å²) in [5.74, 6) is 0.485. The van der Waals surface area contributed by atoms with E-state index >= 15 is 0 Å². The first-order chi connectivity index (χ1) is 18.7. The molecule has 4 aromatic heterocycles. The molecule has 1 aliphatic rings. The molecule has 202 valence electrons. The average molecular weight is 546 g/mol. The van der Waals surface area contributed by atoms with Crippen LogP contribution in [0.3, 0.4) is 0 Å². The molecule has 0 amide bonds. The number of pyridine rings is 2. The van der Waals surface area contributed by atoms with Gasteiger partial charge in [0.2, 0.25) is 5.82 Å². The number of nitrogens with one attached hydrogen (secondary N) is 1. The fraction of sp³-hybridized carbons (Fsp3) is 0.393.